The highest BCUT2D eigenvalue weighted by atomic mass is 16.7. The molecule has 0 spiro atoms. The van der Waals surface area contributed by atoms with Crippen molar-refractivity contribution in [2.45, 2.75) is 26.7 Å². The van der Waals surface area contributed by atoms with Crippen molar-refractivity contribution in [1.29, 1.82) is 0 Å². The van der Waals surface area contributed by atoms with Gasteiger partial charge in [-0.15, -0.1) is 0 Å². The van der Waals surface area contributed by atoms with Gasteiger partial charge in [-0.2, -0.15) is 0 Å². The lowest BCUT2D eigenvalue weighted by atomic mass is 10.0. The van der Waals surface area contributed by atoms with Crippen LogP contribution in [0.25, 0.3) is 0 Å². The summed E-state index contributed by atoms with van der Waals surface area (Å²) < 4.78 is 13.3. The molecule has 0 atom stereocenters. The van der Waals surface area contributed by atoms with Crippen molar-refractivity contribution >= 4 is 11.9 Å². The van der Waals surface area contributed by atoms with Crippen LogP contribution in [0.3, 0.4) is 0 Å². The molecule has 5 nitrogen and oxygen atoms in total. The van der Waals surface area contributed by atoms with E-state index in [1.165, 1.54) is 25.0 Å². The van der Waals surface area contributed by atoms with Gasteiger partial charge in [0.2, 0.25) is 0 Å². The number of hydrogen-bond donors (Lipinski definition) is 0. The summed E-state index contributed by atoms with van der Waals surface area (Å²) >= 11 is 0. The maximum atomic E-state index is 10.1. The first-order chi connectivity index (χ1) is 12.1. The van der Waals surface area contributed by atoms with Crippen LogP contribution in [0.4, 0.5) is 0 Å². The monoisotopic (exact) mass is 344 g/mol. The zero-order valence-electron chi connectivity index (χ0n) is 14.6. The molecular formula is C20H24O5. The fourth-order valence-corrected chi connectivity index (χ4v) is 1.86. The Kier molecular flexibility index (Phi) is 10.4. The first-order valence-corrected chi connectivity index (χ1v) is 8.00. The number of ether oxygens (including phenoxy) is 3. The second-order valence-electron chi connectivity index (χ2n) is 5.18. The first-order valence-electron chi connectivity index (χ1n) is 8.00. The van der Waals surface area contributed by atoms with Gasteiger partial charge < -0.3 is 14.2 Å². The molecular weight excluding hydrogens is 320 g/mol. The Hall–Kier alpha value is -2.66. The lowest BCUT2D eigenvalue weighted by Gasteiger charge is -2.02. The minimum Gasteiger partial charge on any atom is -0.439 e. The molecule has 0 heterocycles. The van der Waals surface area contributed by atoms with E-state index < -0.39 is 11.9 Å². The Bertz CT molecular complexity index is 555. The Balaban J connectivity index is 0.000000260. The summed E-state index contributed by atoms with van der Waals surface area (Å²) in [5, 5.41) is 0. The second-order valence-corrected chi connectivity index (χ2v) is 5.18. The summed E-state index contributed by atoms with van der Waals surface area (Å²) in [7, 11) is 0. The highest BCUT2D eigenvalue weighted by Crippen LogP contribution is 2.06. The van der Waals surface area contributed by atoms with E-state index in [-0.39, 0.29) is 13.6 Å². The molecule has 0 unspecified atom stereocenters. The van der Waals surface area contributed by atoms with Crippen molar-refractivity contribution in [2.75, 3.05) is 13.6 Å². The first kappa shape index (κ1) is 20.4. The molecule has 0 amide bonds. The molecule has 0 aliphatic heterocycles. The van der Waals surface area contributed by atoms with Crippen LogP contribution in [0, 0.1) is 0 Å². The maximum Gasteiger partial charge on any atom is 0.304 e. The van der Waals surface area contributed by atoms with E-state index in [9.17, 15) is 9.59 Å². The number of hydrogen-bond acceptors (Lipinski definition) is 5. The highest BCUT2D eigenvalue weighted by molar-refractivity contribution is 5.66. The number of carbonyl (C=O) groups is 2. The van der Waals surface area contributed by atoms with Crippen LogP contribution < -0.4 is 0 Å². The molecule has 0 bridgehead atoms. The Morgan fingerprint density at radius 1 is 0.680 bits per heavy atom. The predicted molar refractivity (Wildman–Crippen MR) is 94.6 cm³/mol. The summed E-state index contributed by atoms with van der Waals surface area (Å²) in [6.07, 6.45) is 2.26. The molecule has 2 rings (SSSR count). The summed E-state index contributed by atoms with van der Waals surface area (Å²) in [6.45, 7) is 2.13. The van der Waals surface area contributed by atoms with Gasteiger partial charge in [-0.3, -0.25) is 9.59 Å². The lowest BCUT2D eigenvalue weighted by Crippen LogP contribution is -2.09. The van der Waals surface area contributed by atoms with E-state index >= 15 is 0 Å². The molecule has 0 aliphatic rings. The zero-order chi connectivity index (χ0) is 18.3. The minimum atomic E-state index is -0.437. The molecule has 5 heteroatoms. The quantitative estimate of drug-likeness (QED) is 0.437. The molecule has 0 saturated carbocycles. The number of benzene rings is 2. The van der Waals surface area contributed by atoms with E-state index in [1.807, 2.05) is 0 Å². The van der Waals surface area contributed by atoms with Gasteiger partial charge in [0.05, 0.1) is 0 Å². The molecule has 0 radical (unpaired) electrons. The third-order valence-electron chi connectivity index (χ3n) is 3.08. The Labute approximate surface area is 148 Å². The summed E-state index contributed by atoms with van der Waals surface area (Å²) in [5.74, 6) is -0.874. The van der Waals surface area contributed by atoms with Crippen LogP contribution in [-0.4, -0.2) is 25.5 Å². The highest BCUT2D eigenvalue weighted by Gasteiger charge is 1.94. The Morgan fingerprint density at radius 2 is 1.04 bits per heavy atom. The van der Waals surface area contributed by atoms with Crippen LogP contribution in [-0.2, 0) is 36.6 Å². The van der Waals surface area contributed by atoms with Gasteiger partial charge in [0.1, 0.15) is 0 Å². The zero-order valence-corrected chi connectivity index (χ0v) is 14.6. The molecule has 0 aliphatic carbocycles. The topological polar surface area (TPSA) is 61.8 Å². The van der Waals surface area contributed by atoms with Crippen molar-refractivity contribution in [3.05, 3.63) is 71.8 Å². The van der Waals surface area contributed by atoms with Gasteiger partial charge >= 0.3 is 11.9 Å². The fourth-order valence-electron chi connectivity index (χ4n) is 1.86. The van der Waals surface area contributed by atoms with Crippen molar-refractivity contribution in [3.63, 3.8) is 0 Å². The SMILES string of the molecule is CC(=O)OCOCOC(C)=O.c1ccc(CCc2ccccc2)cc1. The normalized spacial score (nSPS) is 9.52. The van der Waals surface area contributed by atoms with Crippen molar-refractivity contribution in [2.24, 2.45) is 0 Å². The molecule has 0 fully saturated rings. The molecule has 0 aromatic heterocycles. The van der Waals surface area contributed by atoms with Gasteiger partial charge in [0.25, 0.3) is 0 Å². The minimum absolute atomic E-state index is 0.192. The molecule has 2 aromatic carbocycles. The number of esters is 2. The van der Waals surface area contributed by atoms with Crippen LogP contribution in [0.1, 0.15) is 25.0 Å². The molecule has 0 N–H and O–H groups in total. The van der Waals surface area contributed by atoms with E-state index in [0.717, 1.165) is 12.8 Å². The predicted octanol–water partition coefficient (Wildman–Crippen LogP) is 3.52. The van der Waals surface area contributed by atoms with E-state index in [4.69, 9.17) is 0 Å². The average molecular weight is 344 g/mol. The lowest BCUT2D eigenvalue weighted by molar-refractivity contribution is -0.173. The standard InChI is InChI=1S/C14H14.C6H10O5/c1-3-7-13(8-4-1)11-12-14-9-5-2-6-10-14;1-5(7)10-3-9-4-11-6(2)8/h1-10H,11-12H2;3-4H2,1-2H3. The largest absolute Gasteiger partial charge is 0.439 e. The van der Waals surface area contributed by atoms with Crippen LogP contribution in [0.2, 0.25) is 0 Å². The number of aryl methyl sites for hydroxylation is 2. The van der Waals surface area contributed by atoms with Gasteiger partial charge in [0.15, 0.2) is 13.6 Å². The maximum absolute atomic E-state index is 10.1. The average Bonchev–Trinajstić information content (AvgIpc) is 2.61. The molecule has 0 saturated heterocycles. The molecule has 134 valence electrons. The smallest absolute Gasteiger partial charge is 0.304 e. The van der Waals surface area contributed by atoms with Gasteiger partial charge in [-0.1, -0.05) is 60.7 Å². The van der Waals surface area contributed by atoms with Crippen LogP contribution in [0.15, 0.2) is 60.7 Å². The van der Waals surface area contributed by atoms with E-state index in [1.54, 1.807) is 0 Å². The van der Waals surface area contributed by atoms with E-state index in [0.29, 0.717) is 0 Å². The Morgan fingerprint density at radius 3 is 1.36 bits per heavy atom. The van der Waals surface area contributed by atoms with Crippen LogP contribution >= 0.6 is 0 Å². The third kappa shape index (κ3) is 11.5. The van der Waals surface area contributed by atoms with Crippen molar-refractivity contribution in [1.82, 2.24) is 0 Å². The summed E-state index contributed by atoms with van der Waals surface area (Å²) in [6, 6.07) is 21.2. The van der Waals surface area contributed by atoms with Crippen molar-refractivity contribution in [3.8, 4) is 0 Å². The molecule has 25 heavy (non-hydrogen) atoms. The third-order valence-corrected chi connectivity index (χ3v) is 3.08. The summed E-state index contributed by atoms with van der Waals surface area (Å²) in [4.78, 5) is 20.3. The molecule has 2 aromatic rings. The fraction of sp³-hybridized carbons (Fsp3) is 0.300. The second kappa shape index (κ2) is 12.7. The summed E-state index contributed by atoms with van der Waals surface area (Å²) in [5.41, 5.74) is 2.83. The van der Waals surface area contributed by atoms with Crippen molar-refractivity contribution < 1.29 is 23.8 Å². The van der Waals surface area contributed by atoms with Gasteiger partial charge in [-0.25, -0.2) is 0 Å². The number of rotatable bonds is 7. The van der Waals surface area contributed by atoms with Gasteiger partial charge in [0, 0.05) is 13.8 Å². The number of carbonyl (C=O) groups excluding carboxylic acids is 2. The van der Waals surface area contributed by atoms with Crippen LogP contribution in [0.5, 0.6) is 0 Å². The van der Waals surface area contributed by atoms with E-state index in [2.05, 4.69) is 74.9 Å². The van der Waals surface area contributed by atoms with Gasteiger partial charge in [-0.05, 0) is 24.0 Å².